The first-order valence-electron chi connectivity index (χ1n) is 7.72. The Morgan fingerprint density at radius 2 is 2.08 bits per heavy atom. The van der Waals surface area contributed by atoms with Gasteiger partial charge in [0.15, 0.2) is 11.9 Å². The van der Waals surface area contributed by atoms with Gasteiger partial charge < -0.3 is 19.4 Å². The van der Waals surface area contributed by atoms with E-state index < -0.39 is 12.1 Å². The number of oxime groups is 1. The third kappa shape index (κ3) is 4.26. The molecular weight excluding hydrogens is 362 g/mol. The van der Waals surface area contributed by atoms with Crippen LogP contribution in [0, 0.1) is 13.8 Å². The highest BCUT2D eigenvalue weighted by Crippen LogP contribution is 2.36. The molecule has 0 spiro atoms. The molecule has 8 nitrogen and oxygen atoms in total. The van der Waals surface area contributed by atoms with Gasteiger partial charge in [0.25, 0.3) is 0 Å². The number of carboxylic acid groups (broad SMARTS) is 1. The van der Waals surface area contributed by atoms with Gasteiger partial charge >= 0.3 is 5.97 Å². The average molecular weight is 382 g/mol. The Labute approximate surface area is 155 Å². The van der Waals surface area contributed by atoms with E-state index in [1.54, 1.807) is 17.8 Å². The maximum atomic E-state index is 11.1. The zero-order valence-electron chi connectivity index (χ0n) is 15.1. The first-order chi connectivity index (χ1) is 12.2. The van der Waals surface area contributed by atoms with Crippen molar-refractivity contribution in [2.45, 2.75) is 26.9 Å². The summed E-state index contributed by atoms with van der Waals surface area (Å²) in [5.41, 5.74) is 2.16. The van der Waals surface area contributed by atoms with Crippen LogP contribution in [0.25, 0.3) is 0 Å². The van der Waals surface area contributed by atoms with E-state index in [4.69, 9.17) is 26.2 Å². The summed E-state index contributed by atoms with van der Waals surface area (Å²) in [4.78, 5) is 15.8. The molecule has 2 rings (SSSR count). The van der Waals surface area contributed by atoms with Gasteiger partial charge in [-0.05, 0) is 26.8 Å². The molecule has 1 aromatic carbocycles. The van der Waals surface area contributed by atoms with Crippen molar-refractivity contribution in [3.8, 4) is 17.4 Å². The molecule has 140 valence electrons. The summed E-state index contributed by atoms with van der Waals surface area (Å²) in [5.74, 6) is -0.0216. The largest absolute Gasteiger partial charge is 0.479 e. The number of hydrogen-bond donors (Lipinski definition) is 1. The number of hydrogen-bond acceptors (Lipinski definition) is 6. The smallest absolute Gasteiger partial charge is 0.344 e. The topological polar surface area (TPSA) is 95.2 Å². The molecular formula is C17H20ClN3O5. The molecule has 2 aromatic rings. The summed E-state index contributed by atoms with van der Waals surface area (Å²) in [7, 11) is 3.15. The molecule has 0 saturated carbocycles. The van der Waals surface area contributed by atoms with E-state index in [-0.39, 0.29) is 5.75 Å². The molecule has 0 aliphatic heterocycles. The molecule has 1 aromatic heterocycles. The number of nitrogens with zero attached hydrogens (tertiary/aromatic N) is 3. The molecule has 9 heteroatoms. The molecule has 0 fully saturated rings. The molecule has 0 unspecified atom stereocenters. The van der Waals surface area contributed by atoms with Gasteiger partial charge in [0, 0.05) is 24.2 Å². The van der Waals surface area contributed by atoms with Gasteiger partial charge in [0.05, 0.1) is 16.9 Å². The summed E-state index contributed by atoms with van der Waals surface area (Å²) in [6.07, 6.45) is 0.304. The second-order valence-electron chi connectivity index (χ2n) is 5.58. The van der Waals surface area contributed by atoms with Crippen molar-refractivity contribution in [2.24, 2.45) is 12.2 Å². The lowest BCUT2D eigenvalue weighted by molar-refractivity contribution is -0.144. The lowest BCUT2D eigenvalue weighted by Gasteiger charge is -2.16. The van der Waals surface area contributed by atoms with Gasteiger partial charge in [-0.2, -0.15) is 5.10 Å². The number of aliphatic carboxylic acids is 1. The maximum Gasteiger partial charge on any atom is 0.344 e. The molecule has 0 radical (unpaired) electrons. The normalized spacial score (nSPS) is 12.2. The Hall–Kier alpha value is -2.74. The fourth-order valence-corrected chi connectivity index (χ4v) is 2.38. The predicted molar refractivity (Wildman–Crippen MR) is 96.5 cm³/mol. The fraction of sp³-hybridized carbons (Fsp3) is 0.353. The Kier molecular flexibility index (Phi) is 6.10. The fourth-order valence-electron chi connectivity index (χ4n) is 2.17. The minimum absolute atomic E-state index is 0.247. The quantitative estimate of drug-likeness (QED) is 0.584. The van der Waals surface area contributed by atoms with Crippen LogP contribution in [0.1, 0.15) is 23.7 Å². The zero-order chi connectivity index (χ0) is 19.4. The van der Waals surface area contributed by atoms with Crippen molar-refractivity contribution in [3.63, 3.8) is 0 Å². The Bertz CT molecular complexity index is 847. The highest BCUT2D eigenvalue weighted by Gasteiger charge is 2.19. The minimum atomic E-state index is -1.10. The van der Waals surface area contributed by atoms with Gasteiger partial charge in [-0.25, -0.2) is 9.48 Å². The van der Waals surface area contributed by atoms with E-state index in [1.165, 1.54) is 26.3 Å². The van der Waals surface area contributed by atoms with Crippen molar-refractivity contribution in [1.82, 2.24) is 9.78 Å². The van der Waals surface area contributed by atoms with Crippen LogP contribution >= 0.6 is 11.6 Å². The predicted octanol–water partition coefficient (Wildman–Crippen LogP) is 3.31. The van der Waals surface area contributed by atoms with Crippen molar-refractivity contribution < 1.29 is 24.2 Å². The lowest BCUT2D eigenvalue weighted by Crippen LogP contribution is -2.23. The van der Waals surface area contributed by atoms with Crippen molar-refractivity contribution in [3.05, 3.63) is 34.0 Å². The van der Waals surface area contributed by atoms with Crippen LogP contribution in [0.3, 0.4) is 0 Å². The Morgan fingerprint density at radius 1 is 1.38 bits per heavy atom. The van der Waals surface area contributed by atoms with E-state index in [0.29, 0.717) is 22.2 Å². The van der Waals surface area contributed by atoms with E-state index >= 15 is 0 Å². The monoisotopic (exact) mass is 381 g/mol. The summed E-state index contributed by atoms with van der Waals surface area (Å²) in [6.45, 7) is 5.18. The molecule has 0 amide bonds. The average Bonchev–Trinajstić information content (AvgIpc) is 2.82. The summed E-state index contributed by atoms with van der Waals surface area (Å²) in [5, 5.41) is 17.4. The van der Waals surface area contributed by atoms with Gasteiger partial charge in [0.2, 0.25) is 5.88 Å². The van der Waals surface area contributed by atoms with Gasteiger partial charge in [-0.3, -0.25) is 0 Å². The molecule has 1 atom stereocenters. The van der Waals surface area contributed by atoms with Crippen molar-refractivity contribution in [2.75, 3.05) is 7.11 Å². The summed E-state index contributed by atoms with van der Waals surface area (Å²) < 4.78 is 13.0. The third-order valence-corrected chi connectivity index (χ3v) is 3.97. The molecule has 1 N–H and O–H groups in total. The first kappa shape index (κ1) is 19.6. The standard InChI is InChI=1S/C17H20ClN3O5/c1-9-10(2)20-21(4)16(9)26-15-7-14(25-11(3)17(22)23)12(6-13(15)18)8-19-24-5/h6-8,11H,1-5H3,(H,22,23)/b19-8+/t11-/m0/s1. The van der Waals surface area contributed by atoms with Gasteiger partial charge in [-0.15, -0.1) is 0 Å². The molecule has 0 aliphatic rings. The van der Waals surface area contributed by atoms with Crippen LogP contribution in [0.4, 0.5) is 0 Å². The van der Waals surface area contributed by atoms with Crippen LogP contribution in [0.15, 0.2) is 17.3 Å². The van der Waals surface area contributed by atoms with Gasteiger partial charge in [0.1, 0.15) is 12.9 Å². The van der Waals surface area contributed by atoms with Crippen molar-refractivity contribution >= 4 is 23.8 Å². The number of rotatable bonds is 7. The Morgan fingerprint density at radius 3 is 2.62 bits per heavy atom. The summed E-state index contributed by atoms with van der Waals surface area (Å²) >= 11 is 6.31. The zero-order valence-corrected chi connectivity index (χ0v) is 15.9. The van der Waals surface area contributed by atoms with Crippen LogP contribution in [-0.2, 0) is 16.7 Å². The van der Waals surface area contributed by atoms with Crippen LogP contribution < -0.4 is 9.47 Å². The van der Waals surface area contributed by atoms with E-state index in [0.717, 1.165) is 11.3 Å². The first-order valence-corrected chi connectivity index (χ1v) is 8.10. The molecule has 0 bridgehead atoms. The van der Waals surface area contributed by atoms with E-state index in [1.807, 2.05) is 13.8 Å². The number of aryl methyl sites for hydroxylation is 2. The Balaban J connectivity index is 2.46. The van der Waals surface area contributed by atoms with Gasteiger partial charge in [-0.1, -0.05) is 16.8 Å². The number of carbonyl (C=O) groups is 1. The molecule has 26 heavy (non-hydrogen) atoms. The van der Waals surface area contributed by atoms with Crippen molar-refractivity contribution in [1.29, 1.82) is 0 Å². The number of halogens is 1. The summed E-state index contributed by atoms with van der Waals surface area (Å²) in [6, 6.07) is 3.07. The lowest BCUT2D eigenvalue weighted by atomic mass is 10.2. The molecule has 1 heterocycles. The maximum absolute atomic E-state index is 11.1. The second kappa shape index (κ2) is 8.09. The van der Waals surface area contributed by atoms with Crippen LogP contribution in [0.5, 0.6) is 17.4 Å². The molecule has 0 saturated heterocycles. The van der Waals surface area contributed by atoms with Crippen LogP contribution in [0.2, 0.25) is 5.02 Å². The highest BCUT2D eigenvalue weighted by atomic mass is 35.5. The van der Waals surface area contributed by atoms with E-state index in [2.05, 4.69) is 15.1 Å². The van der Waals surface area contributed by atoms with Crippen LogP contribution in [-0.4, -0.2) is 40.3 Å². The highest BCUT2D eigenvalue weighted by molar-refractivity contribution is 6.32. The number of aromatic nitrogens is 2. The third-order valence-electron chi connectivity index (χ3n) is 3.68. The minimum Gasteiger partial charge on any atom is -0.479 e. The second-order valence-corrected chi connectivity index (χ2v) is 5.98. The number of benzene rings is 1. The number of carboxylic acids is 1. The molecule has 0 aliphatic carbocycles. The number of ether oxygens (including phenoxy) is 2. The SMILES string of the molecule is CO/N=C/c1cc(Cl)c(Oc2c(C)c(C)nn2C)cc1O[C@@H](C)C(=O)O. The van der Waals surface area contributed by atoms with E-state index in [9.17, 15) is 4.79 Å².